The third-order valence-corrected chi connectivity index (χ3v) is 3.29. The lowest BCUT2D eigenvalue weighted by molar-refractivity contribution is 0.0996. The van der Waals surface area contributed by atoms with Crippen molar-refractivity contribution in [2.24, 2.45) is 5.73 Å². The number of primary amides is 1. The molecule has 2 aromatic heterocycles. The van der Waals surface area contributed by atoms with E-state index in [2.05, 4.69) is 15.4 Å². The Balaban J connectivity index is 2.07. The predicted octanol–water partition coefficient (Wildman–Crippen LogP) is 2.70. The van der Waals surface area contributed by atoms with Crippen LogP contribution in [0.4, 0.5) is 20.3 Å². The highest BCUT2D eigenvalue weighted by Crippen LogP contribution is 2.23. The Morgan fingerprint density at radius 2 is 1.96 bits per heavy atom. The number of hydrogen-bond donors (Lipinski definition) is 2. The summed E-state index contributed by atoms with van der Waals surface area (Å²) < 4.78 is 28.7. The van der Waals surface area contributed by atoms with Gasteiger partial charge in [-0.25, -0.2) is 18.4 Å². The lowest BCUT2D eigenvalue weighted by Gasteiger charge is -2.05. The van der Waals surface area contributed by atoms with Gasteiger partial charge in [-0.3, -0.25) is 4.79 Å². The number of rotatable bonds is 4. The van der Waals surface area contributed by atoms with Crippen LogP contribution in [-0.2, 0) is 0 Å². The zero-order chi connectivity index (χ0) is 17.3. The maximum Gasteiger partial charge on any atom is 0.271 e. The lowest BCUT2D eigenvalue weighted by Crippen LogP contribution is -2.14. The molecule has 3 rings (SSSR count). The fourth-order valence-corrected chi connectivity index (χ4v) is 2.21. The number of carbonyl (C=O) groups excluding carboxylic acids is 1. The minimum atomic E-state index is -0.833. The quantitative estimate of drug-likeness (QED) is 0.770. The molecule has 24 heavy (non-hydrogen) atoms. The number of nitrogens with two attached hydrogens (primary N) is 1. The van der Waals surface area contributed by atoms with Gasteiger partial charge in [0.25, 0.3) is 5.91 Å². The second-order valence-corrected chi connectivity index (χ2v) is 5.11. The summed E-state index contributed by atoms with van der Waals surface area (Å²) in [5, 5.41) is 6.78. The van der Waals surface area contributed by atoms with Gasteiger partial charge in [0, 0.05) is 6.20 Å². The Labute approximate surface area is 135 Å². The van der Waals surface area contributed by atoms with Crippen LogP contribution < -0.4 is 11.1 Å². The van der Waals surface area contributed by atoms with Crippen LogP contribution in [0, 0.1) is 18.6 Å². The molecule has 0 atom stereocenters. The zero-order valence-corrected chi connectivity index (χ0v) is 12.6. The van der Waals surface area contributed by atoms with Crippen LogP contribution >= 0.6 is 0 Å². The number of anilines is 2. The van der Waals surface area contributed by atoms with Gasteiger partial charge in [0.15, 0.2) is 17.3 Å². The van der Waals surface area contributed by atoms with Crippen molar-refractivity contribution in [3.8, 4) is 5.69 Å². The number of pyridine rings is 1. The van der Waals surface area contributed by atoms with Crippen LogP contribution in [0.5, 0.6) is 0 Å². The molecular weight excluding hydrogens is 316 g/mol. The number of aromatic nitrogens is 3. The van der Waals surface area contributed by atoms with Crippen molar-refractivity contribution in [3.05, 3.63) is 65.6 Å². The van der Waals surface area contributed by atoms with Gasteiger partial charge < -0.3 is 11.1 Å². The average Bonchev–Trinajstić information content (AvgIpc) is 2.91. The molecule has 0 unspecified atom stereocenters. The molecule has 2 heterocycles. The summed E-state index contributed by atoms with van der Waals surface area (Å²) in [6.07, 6.45) is 2.87. The fourth-order valence-electron chi connectivity index (χ4n) is 2.21. The van der Waals surface area contributed by atoms with E-state index in [1.165, 1.54) is 12.3 Å². The Morgan fingerprint density at radius 3 is 2.58 bits per heavy atom. The van der Waals surface area contributed by atoms with Crippen LogP contribution in [-0.4, -0.2) is 20.7 Å². The molecule has 0 aliphatic rings. The van der Waals surface area contributed by atoms with E-state index in [1.807, 2.05) is 6.92 Å². The second kappa shape index (κ2) is 6.07. The first-order valence-corrected chi connectivity index (χ1v) is 6.99. The summed E-state index contributed by atoms with van der Waals surface area (Å²) in [7, 11) is 0. The first-order valence-electron chi connectivity index (χ1n) is 6.99. The van der Waals surface area contributed by atoms with E-state index in [9.17, 15) is 13.6 Å². The van der Waals surface area contributed by atoms with Gasteiger partial charge in [-0.2, -0.15) is 5.10 Å². The Morgan fingerprint density at radius 1 is 1.25 bits per heavy atom. The van der Waals surface area contributed by atoms with Crippen LogP contribution in [0.15, 0.2) is 42.7 Å². The number of halogens is 2. The topological polar surface area (TPSA) is 85.8 Å². The molecule has 0 fully saturated rings. The highest BCUT2D eigenvalue weighted by Gasteiger charge is 2.19. The van der Waals surface area contributed by atoms with E-state index in [0.29, 0.717) is 5.82 Å². The number of nitrogens with one attached hydrogen (secondary N) is 1. The van der Waals surface area contributed by atoms with Crippen LogP contribution in [0.1, 0.15) is 16.1 Å². The van der Waals surface area contributed by atoms with Crippen molar-refractivity contribution in [2.45, 2.75) is 6.92 Å². The van der Waals surface area contributed by atoms with E-state index in [-0.39, 0.29) is 11.4 Å². The van der Waals surface area contributed by atoms with Gasteiger partial charge >= 0.3 is 0 Å². The van der Waals surface area contributed by atoms with Crippen LogP contribution in [0.25, 0.3) is 5.69 Å². The average molecular weight is 329 g/mol. The van der Waals surface area contributed by atoms with Crippen molar-refractivity contribution in [1.82, 2.24) is 14.8 Å². The summed E-state index contributed by atoms with van der Waals surface area (Å²) in [6, 6.07) is 6.98. The first kappa shape index (κ1) is 15.6. The number of hydrogen-bond acceptors (Lipinski definition) is 4. The molecule has 0 aliphatic carbocycles. The normalized spacial score (nSPS) is 10.6. The van der Waals surface area contributed by atoms with Crippen molar-refractivity contribution >= 4 is 17.4 Å². The molecule has 8 heteroatoms. The van der Waals surface area contributed by atoms with Gasteiger partial charge in [0.2, 0.25) is 0 Å². The van der Waals surface area contributed by atoms with Crippen molar-refractivity contribution in [3.63, 3.8) is 0 Å². The predicted molar refractivity (Wildman–Crippen MR) is 84.3 cm³/mol. The fraction of sp³-hybridized carbons (Fsp3) is 0.0625. The molecule has 3 aromatic rings. The molecule has 0 bridgehead atoms. The molecule has 0 radical (unpaired) electrons. The summed E-state index contributed by atoms with van der Waals surface area (Å²) in [4.78, 5) is 15.7. The van der Waals surface area contributed by atoms with E-state index < -0.39 is 23.2 Å². The Kier molecular flexibility index (Phi) is 3.95. The molecule has 0 saturated carbocycles. The molecule has 122 valence electrons. The van der Waals surface area contributed by atoms with Gasteiger partial charge in [-0.1, -0.05) is 6.07 Å². The number of nitrogens with zero attached hydrogens (tertiary/aromatic N) is 3. The van der Waals surface area contributed by atoms with Crippen LogP contribution in [0.3, 0.4) is 0 Å². The lowest BCUT2D eigenvalue weighted by atomic mass is 10.3. The molecule has 1 amide bonds. The first-order chi connectivity index (χ1) is 11.5. The Hall–Kier alpha value is -3.29. The summed E-state index contributed by atoms with van der Waals surface area (Å²) in [5.41, 5.74) is 5.90. The van der Waals surface area contributed by atoms with Crippen molar-refractivity contribution < 1.29 is 13.6 Å². The summed E-state index contributed by atoms with van der Waals surface area (Å²) in [5.74, 6) is -2.01. The minimum absolute atomic E-state index is 0.152. The zero-order valence-electron chi connectivity index (χ0n) is 12.6. The number of para-hydroxylation sites is 1. The SMILES string of the molecule is Cc1ccnc(Nc2cn(-c3c(F)cccc3F)nc2C(N)=O)c1. The van der Waals surface area contributed by atoms with Gasteiger partial charge in [-0.15, -0.1) is 0 Å². The highest BCUT2D eigenvalue weighted by atomic mass is 19.1. The minimum Gasteiger partial charge on any atom is -0.364 e. The molecule has 3 N–H and O–H groups in total. The third-order valence-electron chi connectivity index (χ3n) is 3.29. The molecule has 1 aromatic carbocycles. The smallest absolute Gasteiger partial charge is 0.271 e. The van der Waals surface area contributed by atoms with E-state index >= 15 is 0 Å². The largest absolute Gasteiger partial charge is 0.364 e. The third kappa shape index (κ3) is 2.94. The maximum atomic E-state index is 13.9. The second-order valence-electron chi connectivity index (χ2n) is 5.11. The van der Waals surface area contributed by atoms with Crippen LogP contribution in [0.2, 0.25) is 0 Å². The number of benzene rings is 1. The van der Waals surface area contributed by atoms with E-state index in [0.717, 1.165) is 22.4 Å². The summed E-state index contributed by atoms with van der Waals surface area (Å²) in [6.45, 7) is 1.88. The standard InChI is InChI=1S/C16H13F2N5O/c1-9-5-6-20-13(7-9)21-12-8-23(22-14(12)16(19)24)15-10(17)3-2-4-11(15)18/h2-8H,1H3,(H2,19,24)(H,20,21). The molecule has 0 spiro atoms. The maximum absolute atomic E-state index is 13.9. The van der Waals surface area contributed by atoms with Crippen molar-refractivity contribution in [1.29, 1.82) is 0 Å². The molecular formula is C16H13F2N5O. The summed E-state index contributed by atoms with van der Waals surface area (Å²) >= 11 is 0. The molecule has 0 aliphatic heterocycles. The van der Waals surface area contributed by atoms with Crippen molar-refractivity contribution in [2.75, 3.05) is 5.32 Å². The van der Waals surface area contributed by atoms with E-state index in [4.69, 9.17) is 5.73 Å². The van der Waals surface area contributed by atoms with Gasteiger partial charge in [0.05, 0.1) is 11.9 Å². The number of aryl methyl sites for hydroxylation is 1. The molecule has 0 saturated heterocycles. The molecule has 6 nitrogen and oxygen atoms in total. The Bertz CT molecular complexity index is 902. The highest BCUT2D eigenvalue weighted by molar-refractivity contribution is 5.97. The van der Waals surface area contributed by atoms with E-state index in [1.54, 1.807) is 18.3 Å². The van der Waals surface area contributed by atoms with Gasteiger partial charge in [0.1, 0.15) is 11.5 Å². The monoisotopic (exact) mass is 329 g/mol. The number of amides is 1. The number of carbonyl (C=O) groups is 1. The van der Waals surface area contributed by atoms with Gasteiger partial charge in [-0.05, 0) is 36.8 Å².